The zero-order valence-electron chi connectivity index (χ0n) is 15.1. The van der Waals surface area contributed by atoms with Gasteiger partial charge in [0.1, 0.15) is 0 Å². The molecule has 0 aliphatic rings. The molecule has 0 fully saturated rings. The van der Waals surface area contributed by atoms with Gasteiger partial charge in [0.05, 0.1) is 17.8 Å². The number of hydrogen-bond acceptors (Lipinski definition) is 5. The molecule has 0 aliphatic carbocycles. The Labute approximate surface area is 152 Å². The average Bonchev–Trinajstić information content (AvgIpc) is 3.10. The number of carbonyl (C=O) groups excluding carboxylic acids is 1. The van der Waals surface area contributed by atoms with E-state index in [1.165, 1.54) is 0 Å². The Balaban J connectivity index is 1.69. The maximum absolute atomic E-state index is 12.6. The van der Waals surface area contributed by atoms with Gasteiger partial charge in [-0.15, -0.1) is 0 Å². The van der Waals surface area contributed by atoms with Gasteiger partial charge in [-0.2, -0.15) is 4.98 Å². The number of rotatable bonds is 5. The summed E-state index contributed by atoms with van der Waals surface area (Å²) in [7, 11) is 0. The third kappa shape index (κ3) is 4.27. The molecule has 2 aromatic carbocycles. The van der Waals surface area contributed by atoms with E-state index < -0.39 is 0 Å². The molecule has 0 spiro atoms. The summed E-state index contributed by atoms with van der Waals surface area (Å²) in [5.41, 5.74) is 1.98. The molecule has 2 N–H and O–H groups in total. The van der Waals surface area contributed by atoms with Gasteiger partial charge in [-0.05, 0) is 24.3 Å². The highest BCUT2D eigenvalue weighted by Crippen LogP contribution is 2.21. The van der Waals surface area contributed by atoms with Crippen LogP contribution >= 0.6 is 0 Å². The van der Waals surface area contributed by atoms with Crippen LogP contribution in [0.1, 0.15) is 42.8 Å². The van der Waals surface area contributed by atoms with Crippen LogP contribution in [0.2, 0.25) is 0 Å². The van der Waals surface area contributed by atoms with E-state index in [9.17, 15) is 4.79 Å². The monoisotopic (exact) mass is 350 g/mol. The van der Waals surface area contributed by atoms with Crippen LogP contribution in [0.3, 0.4) is 0 Å². The van der Waals surface area contributed by atoms with Crippen molar-refractivity contribution in [2.24, 2.45) is 0 Å². The number of benzene rings is 2. The van der Waals surface area contributed by atoms with Crippen LogP contribution in [-0.4, -0.2) is 16.0 Å². The van der Waals surface area contributed by atoms with Crippen molar-refractivity contribution in [1.82, 2.24) is 15.5 Å². The maximum atomic E-state index is 12.6. The zero-order valence-corrected chi connectivity index (χ0v) is 15.1. The molecule has 3 rings (SSSR count). The highest BCUT2D eigenvalue weighted by atomic mass is 16.5. The first-order chi connectivity index (χ1) is 12.4. The zero-order chi connectivity index (χ0) is 18.6. The summed E-state index contributed by atoms with van der Waals surface area (Å²) in [6, 6.07) is 17.1. The number of anilines is 2. The summed E-state index contributed by atoms with van der Waals surface area (Å²) in [6.07, 6.45) is 0. The minimum atomic E-state index is -0.221. The molecule has 0 saturated heterocycles. The summed E-state index contributed by atoms with van der Waals surface area (Å²) in [6.45, 7) is 6.19. The average molecular weight is 350 g/mol. The van der Waals surface area contributed by atoms with E-state index in [-0.39, 0.29) is 17.9 Å². The third-order valence-corrected chi connectivity index (χ3v) is 3.74. The Hall–Kier alpha value is -3.15. The predicted octanol–water partition coefficient (Wildman–Crippen LogP) is 4.04. The van der Waals surface area contributed by atoms with Crippen molar-refractivity contribution in [3.05, 3.63) is 71.9 Å². The normalized spacial score (nSPS) is 11.2. The van der Waals surface area contributed by atoms with E-state index >= 15 is 0 Å². The topological polar surface area (TPSA) is 80.0 Å². The molecule has 0 bridgehead atoms. The lowest BCUT2D eigenvalue weighted by molar-refractivity contribution is 0.0950. The predicted molar refractivity (Wildman–Crippen MR) is 100 cm³/mol. The summed E-state index contributed by atoms with van der Waals surface area (Å²) in [4.78, 5) is 16.9. The van der Waals surface area contributed by atoms with Gasteiger partial charge in [0, 0.05) is 11.1 Å². The Kier molecular flexibility index (Phi) is 5.02. The lowest BCUT2D eigenvalue weighted by Gasteiger charge is -2.12. The third-order valence-electron chi connectivity index (χ3n) is 3.74. The highest BCUT2D eigenvalue weighted by Gasteiger charge is 2.22. The van der Waals surface area contributed by atoms with Gasteiger partial charge >= 0.3 is 0 Å². The van der Waals surface area contributed by atoms with Crippen LogP contribution < -0.4 is 10.6 Å². The SMILES string of the molecule is CC(C)(C)c1nc(CNC(=O)c2ccccc2Nc2ccccc2)no1. The van der Waals surface area contributed by atoms with Crippen molar-refractivity contribution in [1.29, 1.82) is 0 Å². The standard InChI is InChI=1S/C20H22N4O2/c1-20(2,3)19-23-17(24-26-19)13-21-18(25)15-11-7-8-12-16(15)22-14-9-5-4-6-10-14/h4-12,22H,13H2,1-3H3,(H,21,25). The van der Waals surface area contributed by atoms with E-state index in [4.69, 9.17) is 4.52 Å². The first-order valence-corrected chi connectivity index (χ1v) is 8.46. The molecule has 6 nitrogen and oxygen atoms in total. The summed E-state index contributed by atoms with van der Waals surface area (Å²) in [5.74, 6) is 0.802. The van der Waals surface area contributed by atoms with Crippen LogP contribution in [-0.2, 0) is 12.0 Å². The van der Waals surface area contributed by atoms with Crippen LogP contribution in [0.4, 0.5) is 11.4 Å². The van der Waals surface area contributed by atoms with Crippen molar-refractivity contribution in [2.75, 3.05) is 5.32 Å². The van der Waals surface area contributed by atoms with Gasteiger partial charge in [-0.1, -0.05) is 56.3 Å². The van der Waals surface area contributed by atoms with Crippen LogP contribution in [0, 0.1) is 0 Å². The van der Waals surface area contributed by atoms with Gasteiger partial charge in [0.25, 0.3) is 5.91 Å². The molecule has 1 aromatic heterocycles. The fourth-order valence-corrected chi connectivity index (χ4v) is 2.35. The summed E-state index contributed by atoms with van der Waals surface area (Å²) in [5, 5.41) is 10.0. The van der Waals surface area contributed by atoms with Gasteiger partial charge in [-0.25, -0.2) is 0 Å². The minimum absolute atomic E-state index is 0.203. The molecule has 1 amide bonds. The summed E-state index contributed by atoms with van der Waals surface area (Å²) < 4.78 is 5.25. The Bertz CT molecular complexity index is 882. The van der Waals surface area contributed by atoms with E-state index in [1.807, 2.05) is 69.3 Å². The molecule has 26 heavy (non-hydrogen) atoms. The molecule has 0 aliphatic heterocycles. The molecular formula is C20H22N4O2. The van der Waals surface area contributed by atoms with Crippen molar-refractivity contribution in [3.8, 4) is 0 Å². The maximum Gasteiger partial charge on any atom is 0.253 e. The van der Waals surface area contributed by atoms with Gasteiger partial charge < -0.3 is 15.2 Å². The van der Waals surface area contributed by atoms with Gasteiger partial charge in [0.2, 0.25) is 5.89 Å². The first kappa shape index (κ1) is 17.7. The molecular weight excluding hydrogens is 328 g/mol. The van der Waals surface area contributed by atoms with Crippen molar-refractivity contribution in [2.45, 2.75) is 32.7 Å². The number of carbonyl (C=O) groups is 1. The molecule has 6 heteroatoms. The van der Waals surface area contributed by atoms with E-state index in [0.717, 1.165) is 11.4 Å². The highest BCUT2D eigenvalue weighted by molar-refractivity contribution is 6.00. The van der Waals surface area contributed by atoms with Gasteiger partial charge in [-0.3, -0.25) is 4.79 Å². The second-order valence-electron chi connectivity index (χ2n) is 6.99. The lowest BCUT2D eigenvalue weighted by Crippen LogP contribution is -2.24. The van der Waals surface area contributed by atoms with Crippen molar-refractivity contribution < 1.29 is 9.32 Å². The Morgan fingerprint density at radius 3 is 2.42 bits per heavy atom. The quantitative estimate of drug-likeness (QED) is 0.726. The fraction of sp³-hybridized carbons (Fsp3) is 0.250. The number of hydrogen-bond donors (Lipinski definition) is 2. The summed E-state index contributed by atoms with van der Waals surface area (Å²) >= 11 is 0. The molecule has 1 heterocycles. The first-order valence-electron chi connectivity index (χ1n) is 8.46. The number of para-hydroxylation sites is 2. The Morgan fingerprint density at radius 1 is 1.04 bits per heavy atom. The molecule has 3 aromatic rings. The Morgan fingerprint density at radius 2 is 1.73 bits per heavy atom. The number of nitrogens with zero attached hydrogens (tertiary/aromatic N) is 2. The van der Waals surface area contributed by atoms with Crippen LogP contribution in [0.15, 0.2) is 59.1 Å². The van der Waals surface area contributed by atoms with Gasteiger partial charge in [0.15, 0.2) is 5.82 Å². The molecule has 0 saturated carbocycles. The van der Waals surface area contributed by atoms with Crippen LogP contribution in [0.25, 0.3) is 0 Å². The number of nitrogens with one attached hydrogen (secondary N) is 2. The molecule has 134 valence electrons. The van der Waals surface area contributed by atoms with E-state index in [1.54, 1.807) is 6.07 Å². The smallest absolute Gasteiger partial charge is 0.253 e. The minimum Gasteiger partial charge on any atom is -0.355 e. The molecule has 0 unspecified atom stereocenters. The number of amides is 1. The molecule has 0 atom stereocenters. The van der Waals surface area contributed by atoms with Crippen molar-refractivity contribution in [3.63, 3.8) is 0 Å². The van der Waals surface area contributed by atoms with E-state index in [2.05, 4.69) is 20.8 Å². The van der Waals surface area contributed by atoms with E-state index in [0.29, 0.717) is 17.3 Å². The fourth-order valence-electron chi connectivity index (χ4n) is 2.35. The largest absolute Gasteiger partial charge is 0.355 e. The lowest BCUT2D eigenvalue weighted by atomic mass is 9.97. The second kappa shape index (κ2) is 7.39. The second-order valence-corrected chi connectivity index (χ2v) is 6.99. The molecule has 0 radical (unpaired) electrons. The van der Waals surface area contributed by atoms with Crippen molar-refractivity contribution >= 4 is 17.3 Å². The van der Waals surface area contributed by atoms with Crippen LogP contribution in [0.5, 0.6) is 0 Å². The number of aromatic nitrogens is 2.